The minimum Gasteiger partial charge on any atom is -0.493 e. The standard InChI is InChI=1S/C76H72N5.Pt/c1-73(2,3)53-40-41-77-71(47-53)81-67-35-22-21-32-65(67)63-30-19-20-31-64(63)66-39-38-58(49-70(66)81)80(57-28-17-14-18-29-57)60-46-56(76(10,11)12)45-59(48-60)78-50-79(69-37-24-23-36-68(69)78)72-61(51-26-15-13-16-27-51)33-25-34-62(72)52-42-54(74(4,5)6)44-55(43-52)75(7,8)9;/h13-47,50H,1-12H3;/q-3;/i13D,15D,16D,26D,27D;. The summed E-state index contributed by atoms with van der Waals surface area (Å²) >= 11 is 0. The van der Waals surface area contributed by atoms with E-state index in [0.29, 0.717) is 11.3 Å². The Kier molecular flexibility index (Phi) is 13.0. The Labute approximate surface area is 509 Å². The molecule has 0 unspecified atom stereocenters. The fourth-order valence-electron chi connectivity index (χ4n) is 11.2. The van der Waals surface area contributed by atoms with E-state index in [-0.39, 0.29) is 72.5 Å². The number of aromatic nitrogens is 1. The third-order valence-electron chi connectivity index (χ3n) is 15.7. The molecule has 5 nitrogen and oxygen atoms in total. The van der Waals surface area contributed by atoms with E-state index in [4.69, 9.17) is 9.10 Å². The molecule has 82 heavy (non-hydrogen) atoms. The smallest absolute Gasteiger partial charge is 0.135 e. The van der Waals surface area contributed by atoms with Gasteiger partial charge in [0.1, 0.15) is 5.82 Å². The zero-order chi connectivity index (χ0) is 60.9. The molecule has 0 aliphatic carbocycles. The van der Waals surface area contributed by atoms with E-state index in [0.717, 1.165) is 101 Å². The minimum absolute atomic E-state index is 0. The van der Waals surface area contributed by atoms with Crippen molar-refractivity contribution in [1.82, 2.24) is 4.98 Å². The Balaban J connectivity index is 0.00000784. The summed E-state index contributed by atoms with van der Waals surface area (Å²) in [6.45, 7) is 28.8. The van der Waals surface area contributed by atoms with Gasteiger partial charge in [0.05, 0.1) is 12.5 Å². The summed E-state index contributed by atoms with van der Waals surface area (Å²) in [6, 6.07) is 68.1. The van der Waals surface area contributed by atoms with Crippen molar-refractivity contribution >= 4 is 57.0 Å². The van der Waals surface area contributed by atoms with Gasteiger partial charge in [-0.25, -0.2) is 4.98 Å². The summed E-state index contributed by atoms with van der Waals surface area (Å²) in [5.74, 6) is 0.794. The topological polar surface area (TPSA) is 25.9 Å². The van der Waals surface area contributed by atoms with Crippen LogP contribution in [0, 0.1) is 18.8 Å². The molecule has 414 valence electrons. The van der Waals surface area contributed by atoms with Crippen molar-refractivity contribution < 1.29 is 27.9 Å². The van der Waals surface area contributed by atoms with Gasteiger partial charge < -0.3 is 19.6 Å². The Hall–Kier alpha value is -7.98. The van der Waals surface area contributed by atoms with Crippen molar-refractivity contribution in [3.05, 3.63) is 253 Å². The molecule has 0 radical (unpaired) electrons. The average Bonchev–Trinajstić information content (AvgIpc) is 1.80. The summed E-state index contributed by atoms with van der Waals surface area (Å²) < 4.78 is 45.4. The predicted molar refractivity (Wildman–Crippen MR) is 343 cm³/mol. The van der Waals surface area contributed by atoms with E-state index in [1.54, 1.807) is 0 Å². The van der Waals surface area contributed by atoms with Crippen molar-refractivity contribution in [3.63, 3.8) is 0 Å². The van der Waals surface area contributed by atoms with Crippen molar-refractivity contribution in [3.8, 4) is 44.5 Å². The second-order valence-electron chi connectivity index (χ2n) is 25.6. The van der Waals surface area contributed by atoms with Gasteiger partial charge in [-0.15, -0.1) is 53.8 Å². The molecule has 1 aromatic heterocycles. The Morgan fingerprint density at radius 2 is 0.976 bits per heavy atom. The first-order chi connectivity index (χ1) is 40.8. The Morgan fingerprint density at radius 1 is 0.439 bits per heavy atom. The van der Waals surface area contributed by atoms with E-state index in [1.165, 1.54) is 5.56 Å². The van der Waals surface area contributed by atoms with Gasteiger partial charge in [0, 0.05) is 66.7 Å². The number of hydrogen-bond donors (Lipinski definition) is 0. The summed E-state index contributed by atoms with van der Waals surface area (Å²) in [6.07, 6.45) is 1.92. The van der Waals surface area contributed by atoms with Crippen LogP contribution in [0.25, 0.3) is 44.5 Å². The van der Waals surface area contributed by atoms with Gasteiger partial charge >= 0.3 is 0 Å². The first-order valence-electron chi connectivity index (χ1n) is 30.6. The number of benzene rings is 9. The van der Waals surface area contributed by atoms with E-state index < -0.39 is 6.04 Å². The van der Waals surface area contributed by atoms with E-state index in [2.05, 4.69) is 267 Å². The molecule has 0 atom stereocenters. The molecule has 2 aliphatic heterocycles. The van der Waals surface area contributed by atoms with Gasteiger partial charge in [-0.3, -0.25) is 0 Å². The average molecular weight is 1260 g/mol. The third kappa shape index (κ3) is 10.5. The number of nitrogens with zero attached hydrogens (tertiary/aromatic N) is 5. The minimum atomic E-state index is -0.438. The summed E-state index contributed by atoms with van der Waals surface area (Å²) in [4.78, 5) is 14.0. The fraction of sp³-hybridized carbons (Fsp3) is 0.211. The normalized spacial score (nSPS) is 14.0. The summed E-state index contributed by atoms with van der Waals surface area (Å²) in [7, 11) is 0. The van der Waals surface area contributed by atoms with Crippen molar-refractivity contribution in [1.29, 1.82) is 0 Å². The molecule has 0 fully saturated rings. The van der Waals surface area contributed by atoms with Crippen LogP contribution in [0.5, 0.6) is 0 Å². The molecule has 6 heteroatoms. The van der Waals surface area contributed by atoms with Gasteiger partial charge in [0.25, 0.3) is 0 Å². The number of fused-ring (bicyclic) bond motifs is 6. The van der Waals surface area contributed by atoms with Gasteiger partial charge in [-0.05, 0) is 97.5 Å². The van der Waals surface area contributed by atoms with Gasteiger partial charge in [0.2, 0.25) is 0 Å². The molecular formula is C76H72N5Pt-3. The molecule has 2 aliphatic rings. The zero-order valence-corrected chi connectivity index (χ0v) is 51.2. The second-order valence-corrected chi connectivity index (χ2v) is 25.6. The van der Waals surface area contributed by atoms with Crippen LogP contribution in [0.1, 0.15) is 112 Å². The second kappa shape index (κ2) is 21.4. The number of para-hydroxylation sites is 5. The maximum Gasteiger partial charge on any atom is 0.135 e. The van der Waals surface area contributed by atoms with Crippen molar-refractivity contribution in [2.45, 2.75) is 105 Å². The van der Waals surface area contributed by atoms with Gasteiger partial charge in [0.15, 0.2) is 0 Å². The van der Waals surface area contributed by atoms with Crippen LogP contribution in [-0.4, -0.2) is 4.98 Å². The monoisotopic (exact) mass is 1250 g/mol. The number of pyridine rings is 1. The van der Waals surface area contributed by atoms with Crippen LogP contribution in [-0.2, 0) is 42.7 Å². The first-order valence-corrected chi connectivity index (χ1v) is 28.1. The molecule has 0 saturated heterocycles. The number of anilines is 10. The SMILES string of the molecule is [2H]c1c([2H])c([2H])c(-c2cccc(-c3cc(C(C)(C)C)cc(C(C)(C)C)c3)c2N2[CH-]N(c3[c-]c(N(c4[c-]c5c(cc4)-c4ccccc4-c4ccccc4N5c4cc(C(C)(C)C)ccn4)c4ccccc4)cc(C(C)(C)C)c3)c3ccccc32)c([2H])c1[2H].[Pt]. The summed E-state index contributed by atoms with van der Waals surface area (Å²) in [5.41, 5.74) is 18.0. The number of rotatable bonds is 8. The largest absolute Gasteiger partial charge is 0.493 e. The summed E-state index contributed by atoms with van der Waals surface area (Å²) in [5, 5.41) is 0. The quantitative estimate of drug-likeness (QED) is 0.141. The fourth-order valence-corrected chi connectivity index (χ4v) is 11.2. The van der Waals surface area contributed by atoms with Crippen LogP contribution >= 0.6 is 0 Å². The van der Waals surface area contributed by atoms with Crippen LogP contribution < -0.4 is 19.6 Å². The Morgan fingerprint density at radius 3 is 1.61 bits per heavy atom. The molecule has 0 bridgehead atoms. The molecule has 0 amide bonds. The van der Waals surface area contributed by atoms with Crippen LogP contribution in [0.4, 0.5) is 57.0 Å². The van der Waals surface area contributed by atoms with Crippen molar-refractivity contribution in [2.24, 2.45) is 0 Å². The zero-order valence-electron chi connectivity index (χ0n) is 54.0. The van der Waals surface area contributed by atoms with Gasteiger partial charge in [-0.2, -0.15) is 6.07 Å². The van der Waals surface area contributed by atoms with E-state index in [9.17, 15) is 2.74 Å². The number of hydrogen-bond acceptors (Lipinski definition) is 5. The molecule has 0 spiro atoms. The predicted octanol–water partition coefficient (Wildman–Crippen LogP) is 21.2. The molecule has 0 saturated carbocycles. The van der Waals surface area contributed by atoms with Gasteiger partial charge in [-0.1, -0.05) is 245 Å². The van der Waals surface area contributed by atoms with Crippen molar-refractivity contribution in [2.75, 3.05) is 19.6 Å². The maximum absolute atomic E-state index is 9.44. The Bertz CT molecular complexity index is 4240. The molecule has 12 rings (SSSR count). The third-order valence-corrected chi connectivity index (χ3v) is 15.7. The van der Waals surface area contributed by atoms with Crippen LogP contribution in [0.3, 0.4) is 0 Å². The molecular weight excluding hydrogens is 1180 g/mol. The van der Waals surface area contributed by atoms with E-state index in [1.807, 2.05) is 36.5 Å². The molecule has 3 heterocycles. The first kappa shape index (κ1) is 49.8. The van der Waals surface area contributed by atoms with E-state index >= 15 is 0 Å². The maximum atomic E-state index is 9.44. The molecule has 10 aromatic rings. The molecule has 9 aromatic carbocycles. The van der Waals surface area contributed by atoms with Crippen LogP contribution in [0.2, 0.25) is 0 Å². The molecule has 0 N–H and O–H groups in total. The van der Waals surface area contributed by atoms with Crippen LogP contribution in [0.15, 0.2) is 212 Å².